The van der Waals surface area contributed by atoms with Gasteiger partial charge in [-0.25, -0.2) is 0 Å². The van der Waals surface area contributed by atoms with Gasteiger partial charge in [-0.2, -0.15) is 0 Å². The first kappa shape index (κ1) is 16.7. The van der Waals surface area contributed by atoms with Gasteiger partial charge in [-0.1, -0.05) is 78.9 Å². The lowest BCUT2D eigenvalue weighted by Crippen LogP contribution is -2.23. The molecule has 0 atom stereocenters. The summed E-state index contributed by atoms with van der Waals surface area (Å²) in [7, 11) is 0. The van der Waals surface area contributed by atoms with Gasteiger partial charge in [0.05, 0.1) is 17.6 Å². The van der Waals surface area contributed by atoms with Gasteiger partial charge < -0.3 is 4.57 Å². The van der Waals surface area contributed by atoms with Crippen LogP contribution in [0.1, 0.15) is 5.56 Å². The molecule has 1 aromatic heterocycles. The van der Waals surface area contributed by atoms with E-state index in [0.29, 0.717) is 6.54 Å². The summed E-state index contributed by atoms with van der Waals surface area (Å²) < 4.78 is 1.90. The number of fused-ring (bicyclic) bond motifs is 1. The Morgan fingerprint density at radius 3 is 2.12 bits per heavy atom. The molecule has 4 aromatic rings. The van der Waals surface area contributed by atoms with E-state index >= 15 is 0 Å². The summed E-state index contributed by atoms with van der Waals surface area (Å²) in [6.45, 7) is 0.564. The van der Waals surface area contributed by atoms with Crippen LogP contribution in [0.3, 0.4) is 0 Å². The Bertz CT molecular complexity index is 1100. The van der Waals surface area contributed by atoms with Crippen molar-refractivity contribution in [1.29, 1.82) is 0 Å². The van der Waals surface area contributed by atoms with Crippen LogP contribution in [0.5, 0.6) is 0 Å². The summed E-state index contributed by atoms with van der Waals surface area (Å²) in [5, 5.41) is 1.12. The third-order valence-electron chi connectivity index (χ3n) is 4.58. The van der Waals surface area contributed by atoms with Crippen LogP contribution >= 0.6 is 11.8 Å². The fraction of sp³-hybridized carbons (Fsp3) is 0.0870. The van der Waals surface area contributed by atoms with E-state index in [2.05, 4.69) is 18.2 Å². The Hall–Kier alpha value is -2.78. The normalized spacial score (nSPS) is 11.0. The number of hydrogen-bond acceptors (Lipinski definition) is 2. The van der Waals surface area contributed by atoms with Crippen molar-refractivity contribution in [1.82, 2.24) is 4.57 Å². The predicted octanol–water partition coefficient (Wildman–Crippen LogP) is 5.44. The topological polar surface area (TPSA) is 22.0 Å². The lowest BCUT2D eigenvalue weighted by Gasteiger charge is -2.17. The highest BCUT2D eigenvalue weighted by atomic mass is 32.2. The number of aromatic nitrogens is 1. The fourth-order valence-corrected chi connectivity index (χ4v) is 4.17. The lowest BCUT2D eigenvalue weighted by molar-refractivity contribution is 0.793. The molecule has 0 aliphatic carbocycles. The van der Waals surface area contributed by atoms with Crippen LogP contribution in [0.2, 0.25) is 0 Å². The van der Waals surface area contributed by atoms with Gasteiger partial charge in [0.1, 0.15) is 0 Å². The molecule has 3 heteroatoms. The van der Waals surface area contributed by atoms with Gasteiger partial charge in [0.2, 0.25) is 0 Å². The van der Waals surface area contributed by atoms with Gasteiger partial charge in [-0.3, -0.25) is 4.79 Å². The van der Waals surface area contributed by atoms with Crippen molar-refractivity contribution < 1.29 is 0 Å². The molecule has 1 heterocycles. The van der Waals surface area contributed by atoms with Crippen molar-refractivity contribution in [2.75, 3.05) is 6.26 Å². The van der Waals surface area contributed by atoms with Gasteiger partial charge in [0, 0.05) is 10.3 Å². The zero-order chi connectivity index (χ0) is 17.9. The molecule has 0 radical (unpaired) electrons. The molecule has 0 N–H and O–H groups in total. The minimum atomic E-state index is 0.0584. The molecule has 0 unspecified atom stereocenters. The van der Waals surface area contributed by atoms with E-state index < -0.39 is 0 Å². The molecule has 26 heavy (non-hydrogen) atoms. The van der Waals surface area contributed by atoms with Crippen molar-refractivity contribution in [2.45, 2.75) is 11.4 Å². The van der Waals surface area contributed by atoms with Crippen molar-refractivity contribution in [3.8, 4) is 11.1 Å². The SMILES string of the molecule is CSc1c(-c2ccccc2)c(=O)n(Cc2ccccc2)c2ccccc12. The van der Waals surface area contributed by atoms with E-state index in [1.54, 1.807) is 11.8 Å². The molecule has 2 nitrogen and oxygen atoms in total. The van der Waals surface area contributed by atoms with Gasteiger partial charge in [0.15, 0.2) is 0 Å². The lowest BCUT2D eigenvalue weighted by atomic mass is 10.0. The maximum atomic E-state index is 13.5. The second-order valence-electron chi connectivity index (χ2n) is 6.17. The number of rotatable bonds is 4. The predicted molar refractivity (Wildman–Crippen MR) is 111 cm³/mol. The second kappa shape index (κ2) is 7.22. The van der Waals surface area contributed by atoms with Crippen molar-refractivity contribution in [2.24, 2.45) is 0 Å². The number of pyridine rings is 1. The molecule has 0 spiro atoms. The number of thioether (sulfide) groups is 1. The van der Waals surface area contributed by atoms with Crippen LogP contribution in [-0.4, -0.2) is 10.8 Å². The maximum Gasteiger partial charge on any atom is 0.260 e. The van der Waals surface area contributed by atoms with E-state index in [9.17, 15) is 4.79 Å². The second-order valence-corrected chi connectivity index (χ2v) is 6.98. The van der Waals surface area contributed by atoms with Crippen LogP contribution < -0.4 is 5.56 Å². The van der Waals surface area contributed by atoms with Crippen molar-refractivity contribution >= 4 is 22.7 Å². The third-order valence-corrected chi connectivity index (χ3v) is 5.41. The Kier molecular flexibility index (Phi) is 4.63. The molecule has 3 aromatic carbocycles. The summed E-state index contributed by atoms with van der Waals surface area (Å²) in [5.41, 5.74) is 3.91. The average Bonchev–Trinajstić information content (AvgIpc) is 2.71. The number of benzene rings is 3. The fourth-order valence-electron chi connectivity index (χ4n) is 3.37. The number of hydrogen-bond donors (Lipinski definition) is 0. The highest BCUT2D eigenvalue weighted by Gasteiger charge is 2.17. The molecule has 128 valence electrons. The molecule has 0 bridgehead atoms. The average molecular weight is 357 g/mol. The van der Waals surface area contributed by atoms with Crippen molar-refractivity contribution in [3.63, 3.8) is 0 Å². The first-order valence-electron chi connectivity index (χ1n) is 8.58. The van der Waals surface area contributed by atoms with E-state index in [1.165, 1.54) is 0 Å². The molecule has 0 aliphatic rings. The van der Waals surface area contributed by atoms with Crippen LogP contribution in [-0.2, 0) is 6.54 Å². The van der Waals surface area contributed by atoms with Gasteiger partial charge in [0.25, 0.3) is 5.56 Å². The van der Waals surface area contributed by atoms with E-state index in [4.69, 9.17) is 0 Å². The summed E-state index contributed by atoms with van der Waals surface area (Å²) >= 11 is 1.64. The zero-order valence-corrected chi connectivity index (χ0v) is 15.4. The summed E-state index contributed by atoms with van der Waals surface area (Å²) in [6, 6.07) is 28.3. The van der Waals surface area contributed by atoms with Crippen LogP contribution in [0.25, 0.3) is 22.0 Å². The Balaban J connectivity index is 2.05. The molecule has 0 fully saturated rings. The molecular formula is C23H19NOS. The Labute approximate surface area is 157 Å². The minimum absolute atomic E-state index is 0.0584. The van der Waals surface area contributed by atoms with Gasteiger partial charge in [-0.15, -0.1) is 11.8 Å². The summed E-state index contributed by atoms with van der Waals surface area (Å²) in [4.78, 5) is 14.6. The minimum Gasteiger partial charge on any atom is -0.303 e. The molecular weight excluding hydrogens is 338 g/mol. The van der Waals surface area contributed by atoms with Crippen LogP contribution in [0, 0.1) is 0 Å². The van der Waals surface area contributed by atoms with Gasteiger partial charge in [-0.05, 0) is 23.4 Å². The first-order chi connectivity index (χ1) is 12.8. The number of para-hydroxylation sites is 1. The molecule has 4 rings (SSSR count). The van der Waals surface area contributed by atoms with E-state index in [1.807, 2.05) is 77.6 Å². The standard InChI is InChI=1S/C23H19NOS/c1-26-22-19-14-8-9-15-20(19)24(16-17-10-4-2-5-11-17)23(25)21(22)18-12-6-3-7-13-18/h2-15H,16H2,1H3. The monoisotopic (exact) mass is 357 g/mol. The number of nitrogens with zero attached hydrogens (tertiary/aromatic N) is 1. The molecule has 0 saturated carbocycles. The zero-order valence-electron chi connectivity index (χ0n) is 14.6. The first-order valence-corrected chi connectivity index (χ1v) is 9.81. The maximum absolute atomic E-state index is 13.5. The Morgan fingerprint density at radius 2 is 1.42 bits per heavy atom. The van der Waals surface area contributed by atoms with Crippen LogP contribution in [0.4, 0.5) is 0 Å². The highest BCUT2D eigenvalue weighted by Crippen LogP contribution is 2.34. The summed E-state index contributed by atoms with van der Waals surface area (Å²) in [6.07, 6.45) is 2.04. The smallest absolute Gasteiger partial charge is 0.260 e. The van der Waals surface area contributed by atoms with E-state index in [0.717, 1.165) is 32.5 Å². The largest absolute Gasteiger partial charge is 0.303 e. The molecule has 0 amide bonds. The quantitative estimate of drug-likeness (QED) is 0.454. The molecule has 0 saturated heterocycles. The van der Waals surface area contributed by atoms with Gasteiger partial charge >= 0.3 is 0 Å². The highest BCUT2D eigenvalue weighted by molar-refractivity contribution is 7.99. The Morgan fingerprint density at radius 1 is 0.808 bits per heavy atom. The third kappa shape index (κ3) is 2.95. The van der Waals surface area contributed by atoms with Crippen molar-refractivity contribution in [3.05, 3.63) is 101 Å². The summed E-state index contributed by atoms with van der Waals surface area (Å²) in [5.74, 6) is 0. The van der Waals surface area contributed by atoms with E-state index in [-0.39, 0.29) is 5.56 Å². The molecule has 0 aliphatic heterocycles. The van der Waals surface area contributed by atoms with Crippen LogP contribution in [0.15, 0.2) is 94.6 Å².